The summed E-state index contributed by atoms with van der Waals surface area (Å²) in [6.07, 6.45) is 2.12. The first kappa shape index (κ1) is 20.6. The van der Waals surface area contributed by atoms with Crippen LogP contribution in [-0.2, 0) is 16.1 Å². The van der Waals surface area contributed by atoms with Gasteiger partial charge in [-0.15, -0.1) is 0 Å². The summed E-state index contributed by atoms with van der Waals surface area (Å²) in [5, 5.41) is 2.90. The molecule has 1 fully saturated rings. The number of carbonyl (C=O) groups is 1. The van der Waals surface area contributed by atoms with Gasteiger partial charge in [-0.3, -0.25) is 4.79 Å². The molecule has 9 heteroatoms. The molecule has 1 aliphatic heterocycles. The number of rotatable bonds is 8. The minimum absolute atomic E-state index is 0.100. The van der Waals surface area contributed by atoms with Gasteiger partial charge in [0.15, 0.2) is 5.16 Å². The number of imidazole rings is 1. The Hall–Kier alpha value is -2.65. The number of ether oxygens (including phenoxy) is 2. The lowest BCUT2D eigenvalue weighted by Gasteiger charge is -2.13. The van der Waals surface area contributed by atoms with E-state index in [-0.39, 0.29) is 23.7 Å². The van der Waals surface area contributed by atoms with E-state index in [1.807, 2.05) is 6.07 Å². The number of alkyl halides is 2. The number of anilines is 1. The third-order valence-corrected chi connectivity index (χ3v) is 5.39. The number of para-hydroxylation sites is 2. The molecule has 0 saturated carbocycles. The Morgan fingerprint density at radius 2 is 2.17 bits per heavy atom. The third kappa shape index (κ3) is 5.09. The summed E-state index contributed by atoms with van der Waals surface area (Å²) in [5.74, 6) is -2.34. The second kappa shape index (κ2) is 9.44. The number of hydrogen-bond donors (Lipinski definition) is 1. The van der Waals surface area contributed by atoms with E-state index in [4.69, 9.17) is 9.47 Å². The van der Waals surface area contributed by atoms with Crippen LogP contribution in [0.3, 0.4) is 0 Å². The van der Waals surface area contributed by atoms with E-state index < -0.39 is 5.76 Å². The number of carbonyl (C=O) groups excluding carboxylic acids is 1. The summed E-state index contributed by atoms with van der Waals surface area (Å²) in [6, 6.07) is 14.1. The molecule has 2 aromatic carbocycles. The molecule has 30 heavy (non-hydrogen) atoms. The number of thioether (sulfide) groups is 1. The van der Waals surface area contributed by atoms with Gasteiger partial charge in [-0.25, -0.2) is 4.98 Å². The molecule has 4 rings (SSSR count). The lowest BCUT2D eigenvalue weighted by atomic mass is 10.2. The zero-order valence-electron chi connectivity index (χ0n) is 16.1. The molecular formula is C21H21F2N3O3S. The Morgan fingerprint density at radius 1 is 1.30 bits per heavy atom. The fourth-order valence-electron chi connectivity index (χ4n) is 3.35. The molecule has 0 bridgehead atoms. The van der Waals surface area contributed by atoms with Gasteiger partial charge in [0.2, 0.25) is 5.91 Å². The zero-order chi connectivity index (χ0) is 20.9. The molecule has 1 atom stereocenters. The van der Waals surface area contributed by atoms with Crippen molar-refractivity contribution in [2.75, 3.05) is 18.5 Å². The summed E-state index contributed by atoms with van der Waals surface area (Å²) < 4.78 is 38.7. The summed E-state index contributed by atoms with van der Waals surface area (Å²) >= 11 is 0.327. The van der Waals surface area contributed by atoms with Gasteiger partial charge in [-0.1, -0.05) is 18.2 Å². The van der Waals surface area contributed by atoms with Gasteiger partial charge in [-0.2, -0.15) is 8.78 Å². The number of aromatic nitrogens is 2. The van der Waals surface area contributed by atoms with Crippen LogP contribution in [0.4, 0.5) is 14.5 Å². The van der Waals surface area contributed by atoms with Crippen LogP contribution < -0.4 is 10.1 Å². The molecular weight excluding hydrogens is 412 g/mol. The van der Waals surface area contributed by atoms with Gasteiger partial charge in [0, 0.05) is 18.4 Å². The number of fused-ring (bicyclic) bond motifs is 1. The van der Waals surface area contributed by atoms with Crippen molar-refractivity contribution in [3.63, 3.8) is 0 Å². The Bertz CT molecular complexity index is 1020. The fourth-order valence-corrected chi connectivity index (χ4v) is 3.95. The second-order valence-corrected chi connectivity index (χ2v) is 7.83. The third-order valence-electron chi connectivity index (χ3n) is 4.69. The van der Waals surface area contributed by atoms with Crippen LogP contribution in [0.1, 0.15) is 12.8 Å². The van der Waals surface area contributed by atoms with Gasteiger partial charge in [0.25, 0.3) is 5.76 Å². The maximum Gasteiger partial charge on any atom is 0.291 e. The Balaban J connectivity index is 1.44. The first-order valence-electron chi connectivity index (χ1n) is 9.63. The molecule has 158 valence electrons. The fraction of sp³-hybridized carbons (Fsp3) is 0.333. The van der Waals surface area contributed by atoms with Crippen molar-refractivity contribution in [2.45, 2.75) is 36.4 Å². The molecule has 0 aliphatic carbocycles. The molecule has 1 N–H and O–H groups in total. The van der Waals surface area contributed by atoms with E-state index in [1.165, 1.54) is 4.57 Å². The molecule has 3 aromatic rings. The van der Waals surface area contributed by atoms with Crippen molar-refractivity contribution in [1.29, 1.82) is 0 Å². The van der Waals surface area contributed by atoms with Crippen LogP contribution in [0, 0.1) is 0 Å². The minimum atomic E-state index is -2.62. The average molecular weight is 433 g/mol. The highest BCUT2D eigenvalue weighted by atomic mass is 32.2. The normalized spacial score (nSPS) is 16.3. The van der Waals surface area contributed by atoms with Gasteiger partial charge >= 0.3 is 0 Å². The van der Waals surface area contributed by atoms with Crippen LogP contribution in [0.25, 0.3) is 11.0 Å². The number of halogens is 2. The highest BCUT2D eigenvalue weighted by molar-refractivity contribution is 7.99. The molecule has 1 unspecified atom stereocenters. The van der Waals surface area contributed by atoms with Crippen LogP contribution in [0.15, 0.2) is 53.7 Å². The zero-order valence-corrected chi connectivity index (χ0v) is 16.9. The molecule has 2 heterocycles. The van der Waals surface area contributed by atoms with Gasteiger partial charge in [0.1, 0.15) is 18.9 Å². The standard InChI is InChI=1S/C21H21F2N3O3S/c22-20(23)30-21-25-17-8-1-2-9-18(17)26(21)12-19(27)24-14-5-3-6-15(11-14)29-13-16-7-4-10-28-16/h1-3,5-6,8-9,11,16,20H,4,7,10,12-13H2,(H,24,27). The first-order chi connectivity index (χ1) is 14.6. The molecule has 6 nitrogen and oxygen atoms in total. The highest BCUT2D eigenvalue weighted by Crippen LogP contribution is 2.28. The predicted octanol–water partition coefficient (Wildman–Crippen LogP) is 4.55. The number of nitrogens with zero attached hydrogens (tertiary/aromatic N) is 2. The van der Waals surface area contributed by atoms with Crippen molar-refractivity contribution < 1.29 is 23.0 Å². The Kier molecular flexibility index (Phi) is 6.49. The van der Waals surface area contributed by atoms with Gasteiger partial charge < -0.3 is 19.4 Å². The number of amides is 1. The smallest absolute Gasteiger partial charge is 0.291 e. The molecule has 1 aromatic heterocycles. The summed E-state index contributed by atoms with van der Waals surface area (Å²) in [4.78, 5) is 16.8. The number of hydrogen-bond acceptors (Lipinski definition) is 5. The lowest BCUT2D eigenvalue weighted by molar-refractivity contribution is -0.116. The van der Waals surface area contributed by atoms with E-state index >= 15 is 0 Å². The predicted molar refractivity (Wildman–Crippen MR) is 111 cm³/mol. The van der Waals surface area contributed by atoms with Gasteiger partial charge in [-0.05, 0) is 48.9 Å². The van der Waals surface area contributed by atoms with Crippen molar-refractivity contribution >= 4 is 34.4 Å². The van der Waals surface area contributed by atoms with Crippen molar-refractivity contribution in [1.82, 2.24) is 9.55 Å². The van der Waals surface area contributed by atoms with Crippen LogP contribution in [0.2, 0.25) is 0 Å². The molecule has 1 saturated heterocycles. The number of benzene rings is 2. The summed E-state index contributed by atoms with van der Waals surface area (Å²) in [5.41, 5.74) is 1.76. The monoisotopic (exact) mass is 433 g/mol. The van der Waals surface area contributed by atoms with Crippen molar-refractivity contribution in [2.24, 2.45) is 0 Å². The van der Waals surface area contributed by atoms with E-state index in [1.54, 1.807) is 42.5 Å². The van der Waals surface area contributed by atoms with Crippen molar-refractivity contribution in [3.8, 4) is 5.75 Å². The lowest BCUT2D eigenvalue weighted by Crippen LogP contribution is -2.19. The largest absolute Gasteiger partial charge is 0.491 e. The van der Waals surface area contributed by atoms with E-state index in [9.17, 15) is 13.6 Å². The SMILES string of the molecule is O=C(Cn1c(SC(F)F)nc2ccccc21)Nc1cccc(OCC2CCCO2)c1. The maximum absolute atomic E-state index is 12.9. The summed E-state index contributed by atoms with van der Waals surface area (Å²) in [7, 11) is 0. The van der Waals surface area contributed by atoms with Crippen LogP contribution >= 0.6 is 11.8 Å². The first-order valence-corrected chi connectivity index (χ1v) is 10.5. The number of nitrogens with one attached hydrogen (secondary N) is 1. The topological polar surface area (TPSA) is 65.4 Å². The molecule has 1 amide bonds. The van der Waals surface area contributed by atoms with Crippen LogP contribution in [-0.4, -0.2) is 40.5 Å². The Labute approximate surface area is 176 Å². The molecule has 1 aliphatic rings. The molecule has 0 radical (unpaired) electrons. The van der Waals surface area contributed by atoms with E-state index in [2.05, 4.69) is 10.3 Å². The van der Waals surface area contributed by atoms with Crippen LogP contribution in [0.5, 0.6) is 5.75 Å². The minimum Gasteiger partial charge on any atom is -0.491 e. The second-order valence-electron chi connectivity index (χ2n) is 6.87. The average Bonchev–Trinajstić information content (AvgIpc) is 3.35. The van der Waals surface area contributed by atoms with E-state index in [0.717, 1.165) is 19.4 Å². The molecule has 0 spiro atoms. The quantitative estimate of drug-likeness (QED) is 0.528. The summed E-state index contributed by atoms with van der Waals surface area (Å²) in [6.45, 7) is 1.10. The Morgan fingerprint density at radius 3 is 2.97 bits per heavy atom. The van der Waals surface area contributed by atoms with Crippen molar-refractivity contribution in [3.05, 3.63) is 48.5 Å². The maximum atomic E-state index is 12.9. The van der Waals surface area contributed by atoms with Gasteiger partial charge in [0.05, 0.1) is 17.1 Å². The van der Waals surface area contributed by atoms with E-state index in [0.29, 0.717) is 40.8 Å². The highest BCUT2D eigenvalue weighted by Gasteiger charge is 2.18.